The standard InChI is InChI=1S/C22H22ClF3N4O5/c23-13-1-2-17-15(9-13)16(31)10-18(33-17)19(32)29-30-5-3-11(4-6-30)20-27-28-21(34-20)12-7-14(8-12)35-22(24,25)26/h1-2,9,11-12,14,18H,3-8,10H2,(H,29,32)/t12?,14?,18-/m1/s1. The number of piperidine rings is 1. The van der Waals surface area contributed by atoms with Crippen molar-refractivity contribution in [2.45, 2.75) is 62.5 Å². The molecule has 1 aliphatic carbocycles. The number of halogens is 4. The van der Waals surface area contributed by atoms with Gasteiger partial charge in [0.05, 0.1) is 18.1 Å². The second-order valence-corrected chi connectivity index (χ2v) is 9.38. The predicted molar refractivity (Wildman–Crippen MR) is 114 cm³/mol. The van der Waals surface area contributed by atoms with Crippen molar-refractivity contribution in [1.82, 2.24) is 20.6 Å². The number of hydrazine groups is 1. The summed E-state index contributed by atoms with van der Waals surface area (Å²) in [5.74, 6) is 0.249. The topological polar surface area (TPSA) is 107 Å². The molecule has 0 radical (unpaired) electrons. The van der Waals surface area contributed by atoms with Gasteiger partial charge in [0.25, 0.3) is 5.91 Å². The van der Waals surface area contributed by atoms with Gasteiger partial charge < -0.3 is 9.15 Å². The fourth-order valence-electron chi connectivity index (χ4n) is 4.54. The van der Waals surface area contributed by atoms with Gasteiger partial charge in [-0.1, -0.05) is 11.6 Å². The zero-order chi connectivity index (χ0) is 24.7. The lowest BCUT2D eigenvalue weighted by Crippen LogP contribution is -2.52. The number of alkyl halides is 3. The van der Waals surface area contributed by atoms with Gasteiger partial charge in [-0.15, -0.1) is 23.4 Å². The van der Waals surface area contributed by atoms with Crippen molar-refractivity contribution in [3.63, 3.8) is 0 Å². The minimum atomic E-state index is -4.64. The lowest BCUT2D eigenvalue weighted by atomic mass is 9.82. The average Bonchev–Trinajstić information content (AvgIpc) is 3.26. The number of carbonyl (C=O) groups excluding carboxylic acids is 2. The Kier molecular flexibility index (Phi) is 6.45. The number of benzene rings is 1. The van der Waals surface area contributed by atoms with Gasteiger partial charge in [0.1, 0.15) is 5.75 Å². The average molecular weight is 515 g/mol. The Balaban J connectivity index is 1.09. The minimum absolute atomic E-state index is 0.0177. The molecule has 13 heteroatoms. The molecule has 0 spiro atoms. The van der Waals surface area contributed by atoms with Crippen LogP contribution < -0.4 is 10.2 Å². The molecule has 9 nitrogen and oxygen atoms in total. The normalized spacial score (nSPS) is 25.5. The Morgan fingerprint density at radius 1 is 1.14 bits per heavy atom. The van der Waals surface area contributed by atoms with Crippen LogP contribution in [-0.4, -0.2) is 58.6 Å². The summed E-state index contributed by atoms with van der Waals surface area (Å²) < 4.78 is 52.3. The summed E-state index contributed by atoms with van der Waals surface area (Å²) in [6, 6.07) is 4.70. The molecule has 1 aromatic heterocycles. The zero-order valence-electron chi connectivity index (χ0n) is 18.4. The van der Waals surface area contributed by atoms with Gasteiger partial charge in [-0.25, -0.2) is 5.01 Å². The minimum Gasteiger partial charge on any atom is -0.479 e. The van der Waals surface area contributed by atoms with Crippen molar-refractivity contribution >= 4 is 23.3 Å². The first-order valence-corrected chi connectivity index (χ1v) is 11.6. The highest BCUT2D eigenvalue weighted by Crippen LogP contribution is 2.41. The molecule has 3 aliphatic rings. The summed E-state index contributed by atoms with van der Waals surface area (Å²) >= 11 is 5.93. The van der Waals surface area contributed by atoms with E-state index in [0.29, 0.717) is 54.0 Å². The molecule has 1 N–H and O–H groups in total. The van der Waals surface area contributed by atoms with Crippen molar-refractivity contribution in [2.24, 2.45) is 0 Å². The summed E-state index contributed by atoms with van der Waals surface area (Å²) in [7, 11) is 0. The highest BCUT2D eigenvalue weighted by atomic mass is 35.5. The van der Waals surface area contributed by atoms with Crippen molar-refractivity contribution in [3.05, 3.63) is 40.6 Å². The number of amides is 1. The van der Waals surface area contributed by atoms with Gasteiger partial charge in [0, 0.05) is 29.9 Å². The van der Waals surface area contributed by atoms with E-state index in [0.717, 1.165) is 0 Å². The summed E-state index contributed by atoms with van der Waals surface area (Å²) in [5, 5.41) is 10.3. The van der Waals surface area contributed by atoms with E-state index >= 15 is 0 Å². The van der Waals surface area contributed by atoms with Crippen molar-refractivity contribution < 1.29 is 36.7 Å². The Morgan fingerprint density at radius 3 is 2.51 bits per heavy atom. The van der Waals surface area contributed by atoms with E-state index in [9.17, 15) is 22.8 Å². The largest absolute Gasteiger partial charge is 0.522 e. The number of Topliss-reactive ketones (excluding diaryl/α,β-unsaturated/α-hetero) is 1. The maximum Gasteiger partial charge on any atom is 0.522 e. The first-order valence-electron chi connectivity index (χ1n) is 11.3. The Morgan fingerprint density at radius 2 is 1.83 bits per heavy atom. The number of hydrogen-bond acceptors (Lipinski definition) is 8. The molecule has 5 rings (SSSR count). The Labute approximate surface area is 202 Å². The van der Waals surface area contributed by atoms with Gasteiger partial charge in [-0.05, 0) is 43.9 Å². The maximum absolute atomic E-state index is 12.7. The molecule has 0 bridgehead atoms. The van der Waals surface area contributed by atoms with E-state index in [-0.39, 0.29) is 36.9 Å². The van der Waals surface area contributed by atoms with E-state index in [2.05, 4.69) is 20.4 Å². The molecule has 188 valence electrons. The number of ketones is 1. The Bertz CT molecular complexity index is 1110. The maximum atomic E-state index is 12.7. The van der Waals surface area contributed by atoms with Crippen molar-refractivity contribution in [3.8, 4) is 5.75 Å². The number of ether oxygens (including phenoxy) is 2. The van der Waals surface area contributed by atoms with Crippen LogP contribution in [0.5, 0.6) is 5.75 Å². The second kappa shape index (κ2) is 9.40. The lowest BCUT2D eigenvalue weighted by Gasteiger charge is -2.33. The van der Waals surface area contributed by atoms with Crippen LogP contribution in [0, 0.1) is 0 Å². The van der Waals surface area contributed by atoms with E-state index in [1.807, 2.05) is 0 Å². The van der Waals surface area contributed by atoms with E-state index in [1.165, 1.54) is 6.07 Å². The van der Waals surface area contributed by atoms with Gasteiger partial charge >= 0.3 is 6.36 Å². The summed E-state index contributed by atoms with van der Waals surface area (Å²) in [4.78, 5) is 25.1. The number of aromatic nitrogens is 2. The van der Waals surface area contributed by atoms with Crippen LogP contribution in [0.1, 0.15) is 66.1 Å². The second-order valence-electron chi connectivity index (χ2n) is 8.94. The molecule has 3 heterocycles. The quantitative estimate of drug-likeness (QED) is 0.643. The highest BCUT2D eigenvalue weighted by molar-refractivity contribution is 6.31. The summed E-state index contributed by atoms with van der Waals surface area (Å²) in [6.45, 7) is 1.04. The summed E-state index contributed by atoms with van der Waals surface area (Å²) in [6.07, 6.45) is -4.87. The van der Waals surface area contributed by atoms with Gasteiger partial charge in [-0.3, -0.25) is 19.8 Å². The first-order chi connectivity index (χ1) is 16.6. The summed E-state index contributed by atoms with van der Waals surface area (Å²) in [5.41, 5.74) is 3.17. The van der Waals surface area contributed by atoms with Crippen LogP contribution in [-0.2, 0) is 9.53 Å². The SMILES string of the molecule is O=C1C[C@H](C(=O)NN2CCC(c3nnc(C4CC(OC(F)(F)F)C4)o3)CC2)Oc2ccc(Cl)cc21. The monoisotopic (exact) mass is 514 g/mol. The molecular weight excluding hydrogens is 493 g/mol. The predicted octanol–water partition coefficient (Wildman–Crippen LogP) is 3.75. The molecule has 1 aromatic carbocycles. The van der Waals surface area contributed by atoms with Gasteiger partial charge in [-0.2, -0.15) is 0 Å². The Hall–Kier alpha value is -2.70. The number of fused-ring (bicyclic) bond motifs is 1. The molecule has 1 amide bonds. The van der Waals surface area contributed by atoms with Gasteiger partial charge in [0.2, 0.25) is 11.8 Å². The molecule has 35 heavy (non-hydrogen) atoms. The van der Waals surface area contributed by atoms with E-state index in [1.54, 1.807) is 17.1 Å². The van der Waals surface area contributed by atoms with Crippen LogP contribution in [0.4, 0.5) is 13.2 Å². The zero-order valence-corrected chi connectivity index (χ0v) is 19.1. The lowest BCUT2D eigenvalue weighted by molar-refractivity contribution is -0.352. The number of carbonyl (C=O) groups is 2. The number of nitrogens with zero attached hydrogens (tertiary/aromatic N) is 3. The van der Waals surface area contributed by atoms with Crippen LogP contribution in [0.2, 0.25) is 5.02 Å². The molecule has 1 saturated carbocycles. The third kappa shape index (κ3) is 5.44. The van der Waals surface area contributed by atoms with E-state index in [4.69, 9.17) is 20.8 Å². The van der Waals surface area contributed by atoms with Crippen LogP contribution in [0.15, 0.2) is 22.6 Å². The number of hydrogen-bond donors (Lipinski definition) is 1. The number of rotatable bonds is 5. The van der Waals surface area contributed by atoms with Crippen LogP contribution in [0.25, 0.3) is 0 Å². The van der Waals surface area contributed by atoms with Crippen molar-refractivity contribution in [1.29, 1.82) is 0 Å². The third-order valence-corrected chi connectivity index (χ3v) is 6.72. The molecule has 2 aromatic rings. The van der Waals surface area contributed by atoms with Gasteiger partial charge in [0.15, 0.2) is 11.9 Å². The molecule has 2 aliphatic heterocycles. The van der Waals surface area contributed by atoms with E-state index < -0.39 is 24.5 Å². The fourth-order valence-corrected chi connectivity index (χ4v) is 4.71. The van der Waals surface area contributed by atoms with Crippen LogP contribution in [0.3, 0.4) is 0 Å². The molecule has 0 unspecified atom stereocenters. The number of nitrogens with one attached hydrogen (secondary N) is 1. The highest BCUT2D eigenvalue weighted by Gasteiger charge is 2.43. The molecule has 1 atom stereocenters. The third-order valence-electron chi connectivity index (χ3n) is 6.49. The smallest absolute Gasteiger partial charge is 0.479 e. The fraction of sp³-hybridized carbons (Fsp3) is 0.545. The molecule has 1 saturated heterocycles. The molecular formula is C22H22ClF3N4O5. The first kappa shape index (κ1) is 24.0. The van der Waals surface area contributed by atoms with Crippen molar-refractivity contribution in [2.75, 3.05) is 13.1 Å². The molecule has 2 fully saturated rings. The van der Waals surface area contributed by atoms with Crippen LogP contribution >= 0.6 is 11.6 Å².